The fourth-order valence-corrected chi connectivity index (χ4v) is 2.55. The number of cyclic esters (lactones) is 1. The van der Waals surface area contributed by atoms with Crippen LogP contribution in [0.3, 0.4) is 0 Å². The topological polar surface area (TPSA) is 58.6 Å². The van der Waals surface area contributed by atoms with Crippen LogP contribution >= 0.6 is 11.3 Å². The number of carbonyl (C=O) groups is 2. The van der Waals surface area contributed by atoms with Crippen molar-refractivity contribution >= 4 is 23.3 Å². The van der Waals surface area contributed by atoms with Crippen molar-refractivity contribution in [1.29, 1.82) is 0 Å². The molecule has 98 valence electrons. The van der Waals surface area contributed by atoms with Crippen molar-refractivity contribution in [1.82, 2.24) is 10.2 Å². The van der Waals surface area contributed by atoms with E-state index < -0.39 is 12.2 Å². The third kappa shape index (κ3) is 3.01. The lowest BCUT2D eigenvalue weighted by Gasteiger charge is -2.22. The fraction of sp³-hybridized carbons (Fsp3) is 0.500. The second kappa shape index (κ2) is 5.86. The number of hydrogen-bond acceptors (Lipinski definition) is 4. The summed E-state index contributed by atoms with van der Waals surface area (Å²) in [6.07, 6.45) is -0.339. The Balaban J connectivity index is 1.87. The molecule has 0 spiro atoms. The first-order valence-electron chi connectivity index (χ1n) is 5.96. The standard InChI is InChI=1S/C12H16N2O3S/c1-2-14(6-5-9-4-3-7-18-9)11(15)10-8-13-12(16)17-10/h3-4,7,10H,2,5-6,8H2,1H3,(H,13,16)/t10-/m0/s1. The fourth-order valence-electron chi connectivity index (χ4n) is 1.85. The van der Waals surface area contributed by atoms with Crippen LogP contribution in [0.15, 0.2) is 17.5 Å². The Kier molecular flexibility index (Phi) is 4.19. The highest BCUT2D eigenvalue weighted by Crippen LogP contribution is 2.11. The van der Waals surface area contributed by atoms with Gasteiger partial charge in [0.05, 0.1) is 6.54 Å². The first-order valence-corrected chi connectivity index (χ1v) is 6.84. The molecule has 1 aliphatic heterocycles. The number of thiophene rings is 1. The van der Waals surface area contributed by atoms with E-state index in [1.165, 1.54) is 4.88 Å². The zero-order chi connectivity index (χ0) is 13.0. The SMILES string of the molecule is CCN(CCc1cccs1)C(=O)[C@@H]1CNC(=O)O1. The van der Waals surface area contributed by atoms with E-state index in [1.54, 1.807) is 16.2 Å². The number of nitrogens with one attached hydrogen (secondary N) is 1. The van der Waals surface area contributed by atoms with Crippen molar-refractivity contribution in [2.24, 2.45) is 0 Å². The molecule has 0 radical (unpaired) electrons. The van der Waals surface area contributed by atoms with Gasteiger partial charge in [-0.1, -0.05) is 6.07 Å². The van der Waals surface area contributed by atoms with Crippen LogP contribution in [0.25, 0.3) is 0 Å². The first kappa shape index (κ1) is 12.9. The van der Waals surface area contributed by atoms with Gasteiger partial charge in [0.1, 0.15) is 0 Å². The maximum Gasteiger partial charge on any atom is 0.408 e. The van der Waals surface area contributed by atoms with Gasteiger partial charge in [0.25, 0.3) is 5.91 Å². The second-order valence-corrected chi connectivity index (χ2v) is 5.05. The maximum atomic E-state index is 12.1. The summed E-state index contributed by atoms with van der Waals surface area (Å²) in [5, 5.41) is 4.52. The summed E-state index contributed by atoms with van der Waals surface area (Å²) in [7, 11) is 0. The number of hydrogen-bond donors (Lipinski definition) is 1. The smallest absolute Gasteiger partial charge is 0.408 e. The van der Waals surface area contributed by atoms with Crippen LogP contribution in [0.5, 0.6) is 0 Å². The van der Waals surface area contributed by atoms with Gasteiger partial charge in [-0.2, -0.15) is 0 Å². The molecule has 0 saturated carbocycles. The zero-order valence-electron chi connectivity index (χ0n) is 10.2. The molecule has 1 atom stereocenters. The van der Waals surface area contributed by atoms with Gasteiger partial charge in [-0.3, -0.25) is 4.79 Å². The summed E-state index contributed by atoms with van der Waals surface area (Å²) in [5.41, 5.74) is 0. The van der Waals surface area contributed by atoms with E-state index in [0.717, 1.165) is 6.42 Å². The Morgan fingerprint density at radius 1 is 1.67 bits per heavy atom. The summed E-state index contributed by atoms with van der Waals surface area (Å²) in [4.78, 5) is 26.0. The van der Waals surface area contributed by atoms with Crippen LogP contribution in [0.1, 0.15) is 11.8 Å². The van der Waals surface area contributed by atoms with Crippen molar-refractivity contribution in [3.63, 3.8) is 0 Å². The van der Waals surface area contributed by atoms with Gasteiger partial charge in [0.15, 0.2) is 6.10 Å². The van der Waals surface area contributed by atoms with Gasteiger partial charge in [-0.15, -0.1) is 11.3 Å². The van der Waals surface area contributed by atoms with Crippen LogP contribution in [-0.4, -0.2) is 42.6 Å². The Morgan fingerprint density at radius 3 is 3.06 bits per heavy atom. The number of alkyl carbamates (subject to hydrolysis) is 1. The lowest BCUT2D eigenvalue weighted by Crippen LogP contribution is -2.41. The van der Waals surface area contributed by atoms with E-state index in [9.17, 15) is 9.59 Å². The average Bonchev–Trinajstić information content (AvgIpc) is 3.00. The highest BCUT2D eigenvalue weighted by molar-refractivity contribution is 7.09. The van der Waals surface area contributed by atoms with Gasteiger partial charge in [0, 0.05) is 18.0 Å². The lowest BCUT2D eigenvalue weighted by molar-refractivity contribution is -0.138. The minimum atomic E-state index is -0.666. The summed E-state index contributed by atoms with van der Waals surface area (Å²) >= 11 is 1.68. The molecule has 6 heteroatoms. The number of amides is 2. The predicted molar refractivity (Wildman–Crippen MR) is 68.5 cm³/mol. The van der Waals surface area contributed by atoms with Crippen molar-refractivity contribution in [3.05, 3.63) is 22.4 Å². The molecule has 0 bridgehead atoms. The minimum absolute atomic E-state index is 0.118. The summed E-state index contributed by atoms with van der Waals surface area (Å²) in [5.74, 6) is -0.118. The Labute approximate surface area is 110 Å². The molecule has 2 amide bonds. The van der Waals surface area contributed by atoms with Gasteiger partial charge < -0.3 is 15.0 Å². The molecule has 1 aromatic heterocycles. The van der Waals surface area contributed by atoms with Gasteiger partial charge in [-0.05, 0) is 24.8 Å². The third-order valence-corrected chi connectivity index (χ3v) is 3.79. The molecule has 1 saturated heterocycles. The third-order valence-electron chi connectivity index (χ3n) is 2.86. The molecule has 1 fully saturated rings. The monoisotopic (exact) mass is 268 g/mol. The molecule has 5 nitrogen and oxygen atoms in total. The van der Waals surface area contributed by atoms with Crippen molar-refractivity contribution in [2.75, 3.05) is 19.6 Å². The van der Waals surface area contributed by atoms with Crippen LogP contribution in [0.2, 0.25) is 0 Å². The zero-order valence-corrected chi connectivity index (χ0v) is 11.0. The molecule has 1 aromatic rings. The molecule has 2 rings (SSSR count). The number of carbonyl (C=O) groups excluding carboxylic acids is 2. The Hall–Kier alpha value is -1.56. The molecule has 18 heavy (non-hydrogen) atoms. The quantitative estimate of drug-likeness (QED) is 0.874. The van der Waals surface area contributed by atoms with Crippen LogP contribution < -0.4 is 5.32 Å². The number of nitrogens with zero attached hydrogens (tertiary/aromatic N) is 1. The molecular formula is C12H16N2O3S. The minimum Gasteiger partial charge on any atom is -0.434 e. The van der Waals surface area contributed by atoms with Crippen LogP contribution in [-0.2, 0) is 16.0 Å². The summed E-state index contributed by atoms with van der Waals surface area (Å²) in [6, 6.07) is 4.06. The summed E-state index contributed by atoms with van der Waals surface area (Å²) in [6.45, 7) is 3.48. The molecule has 0 unspecified atom stereocenters. The first-order chi connectivity index (χ1) is 8.70. The van der Waals surface area contributed by atoms with Gasteiger partial charge >= 0.3 is 6.09 Å². The average molecular weight is 268 g/mol. The lowest BCUT2D eigenvalue weighted by atomic mass is 10.2. The van der Waals surface area contributed by atoms with E-state index in [4.69, 9.17) is 4.74 Å². The molecule has 0 aromatic carbocycles. The summed E-state index contributed by atoms with van der Waals surface area (Å²) < 4.78 is 4.90. The van der Waals surface area contributed by atoms with Crippen molar-refractivity contribution in [2.45, 2.75) is 19.4 Å². The predicted octanol–water partition coefficient (Wildman–Crippen LogP) is 1.25. The van der Waals surface area contributed by atoms with Crippen LogP contribution in [0, 0.1) is 0 Å². The Morgan fingerprint density at radius 2 is 2.50 bits per heavy atom. The van der Waals surface area contributed by atoms with E-state index >= 15 is 0 Å². The Bertz CT molecular complexity index is 419. The highest BCUT2D eigenvalue weighted by Gasteiger charge is 2.32. The van der Waals surface area contributed by atoms with E-state index in [0.29, 0.717) is 13.1 Å². The molecule has 1 N–H and O–H groups in total. The maximum absolute atomic E-state index is 12.1. The number of ether oxygens (including phenoxy) is 1. The van der Waals surface area contributed by atoms with Crippen LogP contribution in [0.4, 0.5) is 4.79 Å². The van der Waals surface area contributed by atoms with E-state index in [1.807, 2.05) is 18.4 Å². The molecule has 0 aliphatic carbocycles. The normalized spacial score (nSPS) is 18.3. The highest BCUT2D eigenvalue weighted by atomic mass is 32.1. The second-order valence-electron chi connectivity index (χ2n) is 4.02. The van der Waals surface area contributed by atoms with Crippen molar-refractivity contribution < 1.29 is 14.3 Å². The molecule has 2 heterocycles. The van der Waals surface area contributed by atoms with Crippen molar-refractivity contribution in [3.8, 4) is 0 Å². The number of likely N-dealkylation sites (N-methyl/N-ethyl adjacent to an activating group) is 1. The van der Waals surface area contributed by atoms with E-state index in [-0.39, 0.29) is 12.5 Å². The van der Waals surface area contributed by atoms with Gasteiger partial charge in [-0.25, -0.2) is 4.79 Å². The molecule has 1 aliphatic rings. The van der Waals surface area contributed by atoms with E-state index in [2.05, 4.69) is 11.4 Å². The van der Waals surface area contributed by atoms with Gasteiger partial charge in [0.2, 0.25) is 0 Å². The molecular weight excluding hydrogens is 252 g/mol. The number of rotatable bonds is 5. The largest absolute Gasteiger partial charge is 0.434 e.